The van der Waals surface area contributed by atoms with Gasteiger partial charge < -0.3 is 4.90 Å². The molecular weight excluding hydrogens is 224 g/mol. The maximum Gasteiger partial charge on any atom is 0.240 e. The van der Waals surface area contributed by atoms with Crippen molar-refractivity contribution in [1.29, 1.82) is 0 Å². The normalized spacial score (nSPS) is 34.3. The highest BCUT2D eigenvalue weighted by atomic mass is 16.2. The third-order valence-electron chi connectivity index (χ3n) is 5.26. The van der Waals surface area contributed by atoms with Crippen LogP contribution in [0.15, 0.2) is 0 Å². The molecular formula is C15H26N2O. The molecule has 3 aliphatic rings. The van der Waals surface area contributed by atoms with E-state index in [4.69, 9.17) is 0 Å². The fourth-order valence-corrected chi connectivity index (χ4v) is 3.82. The Labute approximate surface area is 110 Å². The van der Waals surface area contributed by atoms with Crippen molar-refractivity contribution in [2.24, 2.45) is 11.8 Å². The van der Waals surface area contributed by atoms with Crippen LogP contribution in [0.1, 0.15) is 58.3 Å². The molecule has 102 valence electrons. The highest BCUT2D eigenvalue weighted by Gasteiger charge is 2.41. The monoisotopic (exact) mass is 250 g/mol. The Morgan fingerprint density at radius 3 is 2.50 bits per heavy atom. The number of carbonyl (C=O) groups is 1. The van der Waals surface area contributed by atoms with E-state index in [-0.39, 0.29) is 6.04 Å². The van der Waals surface area contributed by atoms with Gasteiger partial charge in [-0.2, -0.15) is 0 Å². The highest BCUT2D eigenvalue weighted by Crippen LogP contribution is 2.34. The minimum Gasteiger partial charge on any atom is -0.326 e. The van der Waals surface area contributed by atoms with E-state index in [1.807, 2.05) is 6.92 Å². The lowest BCUT2D eigenvalue weighted by molar-refractivity contribution is -0.130. The van der Waals surface area contributed by atoms with Gasteiger partial charge in [-0.3, -0.25) is 10.1 Å². The largest absolute Gasteiger partial charge is 0.326 e. The van der Waals surface area contributed by atoms with Gasteiger partial charge in [0.1, 0.15) is 0 Å². The SMILES string of the molecule is CC1NC(C2CCCC2)N(CCC2CCC2)C1=O. The molecule has 2 saturated carbocycles. The number of rotatable bonds is 4. The van der Waals surface area contributed by atoms with Gasteiger partial charge >= 0.3 is 0 Å². The predicted molar refractivity (Wildman–Crippen MR) is 72.0 cm³/mol. The summed E-state index contributed by atoms with van der Waals surface area (Å²) in [7, 11) is 0. The van der Waals surface area contributed by atoms with E-state index in [1.165, 1.54) is 51.4 Å². The molecule has 1 heterocycles. The molecule has 1 saturated heterocycles. The molecule has 2 unspecified atom stereocenters. The second-order valence-corrected chi connectivity index (χ2v) is 6.49. The molecule has 3 heteroatoms. The average molecular weight is 250 g/mol. The summed E-state index contributed by atoms with van der Waals surface area (Å²) in [6.07, 6.45) is 11.1. The molecule has 2 aliphatic carbocycles. The van der Waals surface area contributed by atoms with Crippen molar-refractivity contribution in [3.8, 4) is 0 Å². The van der Waals surface area contributed by atoms with E-state index in [0.717, 1.165) is 12.5 Å². The second kappa shape index (κ2) is 5.20. The molecule has 3 rings (SSSR count). The van der Waals surface area contributed by atoms with Gasteiger partial charge in [-0.05, 0) is 38.0 Å². The molecule has 1 aliphatic heterocycles. The summed E-state index contributed by atoms with van der Waals surface area (Å²) in [4.78, 5) is 14.4. The lowest BCUT2D eigenvalue weighted by Crippen LogP contribution is -2.43. The van der Waals surface area contributed by atoms with E-state index in [1.54, 1.807) is 0 Å². The first-order valence-electron chi connectivity index (χ1n) is 7.82. The molecule has 0 aromatic heterocycles. The van der Waals surface area contributed by atoms with Crippen LogP contribution in [-0.2, 0) is 4.79 Å². The number of nitrogens with zero attached hydrogens (tertiary/aromatic N) is 1. The number of nitrogens with one attached hydrogen (secondary N) is 1. The zero-order valence-electron chi connectivity index (χ0n) is 11.5. The Morgan fingerprint density at radius 2 is 1.89 bits per heavy atom. The first-order valence-corrected chi connectivity index (χ1v) is 7.82. The summed E-state index contributed by atoms with van der Waals surface area (Å²) in [5.41, 5.74) is 0. The molecule has 0 spiro atoms. The third-order valence-corrected chi connectivity index (χ3v) is 5.26. The van der Waals surface area contributed by atoms with Crippen LogP contribution in [0.4, 0.5) is 0 Å². The number of amides is 1. The molecule has 1 N–H and O–H groups in total. The predicted octanol–water partition coefficient (Wildman–Crippen LogP) is 2.51. The average Bonchev–Trinajstić information content (AvgIpc) is 2.89. The van der Waals surface area contributed by atoms with Gasteiger partial charge in [0.05, 0.1) is 12.2 Å². The first-order chi connectivity index (χ1) is 8.75. The van der Waals surface area contributed by atoms with Crippen LogP contribution in [0.5, 0.6) is 0 Å². The van der Waals surface area contributed by atoms with E-state index in [9.17, 15) is 4.79 Å². The highest BCUT2D eigenvalue weighted by molar-refractivity contribution is 5.83. The van der Waals surface area contributed by atoms with Gasteiger partial charge in [-0.15, -0.1) is 0 Å². The van der Waals surface area contributed by atoms with Gasteiger partial charge in [0.25, 0.3) is 0 Å². The molecule has 2 atom stereocenters. The fourth-order valence-electron chi connectivity index (χ4n) is 3.82. The van der Waals surface area contributed by atoms with Gasteiger partial charge in [-0.1, -0.05) is 32.1 Å². The zero-order chi connectivity index (χ0) is 12.5. The Kier molecular flexibility index (Phi) is 3.60. The van der Waals surface area contributed by atoms with E-state index < -0.39 is 0 Å². The molecule has 0 bridgehead atoms. The standard InChI is InChI=1S/C15H26N2O/c1-11-15(18)17(10-9-12-5-4-6-12)14(16-11)13-7-2-3-8-13/h11-14,16H,2-10H2,1H3. The van der Waals surface area contributed by atoms with Crippen molar-refractivity contribution >= 4 is 5.91 Å². The van der Waals surface area contributed by atoms with Crippen LogP contribution in [0.3, 0.4) is 0 Å². The Bertz CT molecular complexity index is 308. The summed E-state index contributed by atoms with van der Waals surface area (Å²) in [5.74, 6) is 1.95. The minimum atomic E-state index is 0.0389. The number of hydrogen-bond acceptors (Lipinski definition) is 2. The Morgan fingerprint density at radius 1 is 1.17 bits per heavy atom. The van der Waals surface area contributed by atoms with Gasteiger partial charge in [0.2, 0.25) is 5.91 Å². The van der Waals surface area contributed by atoms with E-state index in [0.29, 0.717) is 18.0 Å². The molecule has 3 nitrogen and oxygen atoms in total. The molecule has 0 radical (unpaired) electrons. The smallest absolute Gasteiger partial charge is 0.240 e. The molecule has 0 aromatic carbocycles. The number of hydrogen-bond donors (Lipinski definition) is 1. The van der Waals surface area contributed by atoms with Crippen molar-refractivity contribution in [3.63, 3.8) is 0 Å². The van der Waals surface area contributed by atoms with Crippen molar-refractivity contribution in [3.05, 3.63) is 0 Å². The van der Waals surface area contributed by atoms with Crippen LogP contribution < -0.4 is 5.32 Å². The van der Waals surface area contributed by atoms with Gasteiger partial charge in [0, 0.05) is 6.54 Å². The van der Waals surface area contributed by atoms with Crippen LogP contribution in [0.2, 0.25) is 0 Å². The van der Waals surface area contributed by atoms with Crippen molar-refractivity contribution in [2.75, 3.05) is 6.54 Å². The van der Waals surface area contributed by atoms with Crippen molar-refractivity contribution < 1.29 is 4.79 Å². The molecule has 3 fully saturated rings. The number of carbonyl (C=O) groups excluding carboxylic acids is 1. The third kappa shape index (κ3) is 2.29. The second-order valence-electron chi connectivity index (χ2n) is 6.49. The summed E-state index contributed by atoms with van der Waals surface area (Å²) in [6, 6.07) is 0.0389. The summed E-state index contributed by atoms with van der Waals surface area (Å²) >= 11 is 0. The lowest BCUT2D eigenvalue weighted by atomic mass is 9.83. The van der Waals surface area contributed by atoms with Crippen molar-refractivity contribution in [2.45, 2.75) is 70.5 Å². The van der Waals surface area contributed by atoms with Crippen LogP contribution in [-0.4, -0.2) is 29.6 Å². The Hall–Kier alpha value is -0.570. The maximum absolute atomic E-state index is 12.3. The van der Waals surface area contributed by atoms with Crippen LogP contribution >= 0.6 is 0 Å². The quantitative estimate of drug-likeness (QED) is 0.831. The summed E-state index contributed by atoms with van der Waals surface area (Å²) < 4.78 is 0. The lowest BCUT2D eigenvalue weighted by Gasteiger charge is -2.32. The maximum atomic E-state index is 12.3. The topological polar surface area (TPSA) is 32.3 Å². The minimum absolute atomic E-state index is 0.0389. The molecule has 0 aromatic rings. The summed E-state index contributed by atoms with van der Waals surface area (Å²) in [5, 5.41) is 3.53. The van der Waals surface area contributed by atoms with Crippen molar-refractivity contribution in [1.82, 2.24) is 10.2 Å². The molecule has 1 amide bonds. The fraction of sp³-hybridized carbons (Fsp3) is 0.933. The van der Waals surface area contributed by atoms with E-state index >= 15 is 0 Å². The van der Waals surface area contributed by atoms with E-state index in [2.05, 4.69) is 10.2 Å². The molecule has 18 heavy (non-hydrogen) atoms. The van der Waals surface area contributed by atoms with Crippen LogP contribution in [0, 0.1) is 11.8 Å². The van der Waals surface area contributed by atoms with Gasteiger partial charge in [-0.25, -0.2) is 0 Å². The first kappa shape index (κ1) is 12.5. The van der Waals surface area contributed by atoms with Crippen LogP contribution in [0.25, 0.3) is 0 Å². The Balaban J connectivity index is 1.60. The zero-order valence-corrected chi connectivity index (χ0v) is 11.5. The van der Waals surface area contributed by atoms with Gasteiger partial charge in [0.15, 0.2) is 0 Å². The summed E-state index contributed by atoms with van der Waals surface area (Å²) in [6.45, 7) is 3.01.